The van der Waals surface area contributed by atoms with E-state index >= 15 is 0 Å². The zero-order valence-electron chi connectivity index (χ0n) is 15.9. The molecule has 1 aliphatic heterocycles. The van der Waals surface area contributed by atoms with Crippen molar-refractivity contribution < 1.29 is 27.6 Å². The molecule has 0 saturated carbocycles. The Bertz CT molecular complexity index is 891. The molecule has 0 bridgehead atoms. The van der Waals surface area contributed by atoms with E-state index in [4.69, 9.17) is 4.52 Å². The Balaban J connectivity index is 1.84. The zero-order chi connectivity index (χ0) is 21.6. The molecule has 0 spiro atoms. The average Bonchev–Trinajstić information content (AvgIpc) is 3.20. The van der Waals surface area contributed by atoms with Crippen molar-refractivity contribution in [2.24, 2.45) is 0 Å². The number of carbonyl (C=O) groups excluding carboxylic acids is 1. The van der Waals surface area contributed by atoms with E-state index in [0.29, 0.717) is 5.69 Å². The molecule has 0 radical (unpaired) electrons. The first-order valence-corrected chi connectivity index (χ1v) is 9.60. The molecular formula is C18H20BrF3N4O3. The van der Waals surface area contributed by atoms with Crippen molar-refractivity contribution in [2.75, 3.05) is 10.2 Å². The molecule has 1 amide bonds. The highest BCUT2D eigenvalue weighted by atomic mass is 79.9. The van der Waals surface area contributed by atoms with Crippen molar-refractivity contribution in [1.82, 2.24) is 10.1 Å². The number of rotatable bonds is 4. The third-order valence-electron chi connectivity index (χ3n) is 4.55. The maximum atomic E-state index is 12.8. The molecule has 1 fully saturated rings. The summed E-state index contributed by atoms with van der Waals surface area (Å²) in [6.07, 6.45) is -3.24. The maximum absolute atomic E-state index is 12.8. The Morgan fingerprint density at radius 1 is 1.28 bits per heavy atom. The number of pyridine rings is 1. The molecule has 0 aromatic carbocycles. The average molecular weight is 477 g/mol. The molecule has 2 aromatic heterocycles. The van der Waals surface area contributed by atoms with E-state index < -0.39 is 22.5 Å². The zero-order valence-corrected chi connectivity index (χ0v) is 17.5. The van der Waals surface area contributed by atoms with Gasteiger partial charge in [0.25, 0.3) is 0 Å². The van der Waals surface area contributed by atoms with Gasteiger partial charge in [0.2, 0.25) is 16.4 Å². The Labute approximate surface area is 173 Å². The second kappa shape index (κ2) is 7.28. The van der Waals surface area contributed by atoms with E-state index in [1.54, 1.807) is 6.07 Å². The van der Waals surface area contributed by atoms with Crippen LogP contribution in [0.3, 0.4) is 0 Å². The highest BCUT2D eigenvalue weighted by molar-refractivity contribution is 9.10. The van der Waals surface area contributed by atoms with Crippen LogP contribution in [-0.2, 0) is 16.4 Å². The van der Waals surface area contributed by atoms with Gasteiger partial charge >= 0.3 is 6.18 Å². The third kappa shape index (κ3) is 4.55. The van der Waals surface area contributed by atoms with E-state index in [1.165, 1.54) is 4.90 Å². The number of nitrogens with zero attached hydrogens (tertiary/aromatic N) is 3. The van der Waals surface area contributed by atoms with E-state index in [1.807, 2.05) is 20.8 Å². The second-order valence-corrected chi connectivity index (χ2v) is 9.05. The van der Waals surface area contributed by atoms with Crippen molar-refractivity contribution in [2.45, 2.75) is 55.9 Å². The predicted octanol–water partition coefficient (Wildman–Crippen LogP) is 4.03. The quantitative estimate of drug-likeness (QED) is 0.393. The molecule has 1 aliphatic rings. The number of anilines is 2. The Morgan fingerprint density at radius 2 is 1.97 bits per heavy atom. The summed E-state index contributed by atoms with van der Waals surface area (Å²) < 4.78 is 41.7. The lowest BCUT2D eigenvalue weighted by atomic mass is 9.92. The van der Waals surface area contributed by atoms with E-state index in [9.17, 15) is 23.1 Å². The largest absolute Gasteiger partial charge is 0.433 e. The fourth-order valence-electron chi connectivity index (χ4n) is 3.01. The van der Waals surface area contributed by atoms with Gasteiger partial charge in [0, 0.05) is 17.9 Å². The number of carbonyl (C=O) groups is 1. The van der Waals surface area contributed by atoms with Crippen molar-refractivity contribution in [3.8, 4) is 0 Å². The number of nitrogens with one attached hydrogen (secondary N) is 1. The first-order valence-electron chi connectivity index (χ1n) is 8.81. The van der Waals surface area contributed by atoms with Gasteiger partial charge in [0.05, 0.1) is 23.6 Å². The Kier molecular flexibility index (Phi) is 5.41. The van der Waals surface area contributed by atoms with Crippen LogP contribution in [0, 0.1) is 0 Å². The fourth-order valence-corrected chi connectivity index (χ4v) is 3.64. The summed E-state index contributed by atoms with van der Waals surface area (Å²) in [5.41, 5.74) is -0.518. The fraction of sp³-hybridized carbons (Fsp3) is 0.500. The van der Waals surface area contributed by atoms with E-state index in [2.05, 4.69) is 31.4 Å². The second-order valence-electron chi connectivity index (χ2n) is 7.84. The summed E-state index contributed by atoms with van der Waals surface area (Å²) in [4.78, 5) is 17.0. The maximum Gasteiger partial charge on any atom is 0.433 e. The van der Waals surface area contributed by atoms with Gasteiger partial charge in [-0.2, -0.15) is 13.2 Å². The van der Waals surface area contributed by atoms with Crippen LogP contribution in [0.4, 0.5) is 24.7 Å². The molecular weight excluding hydrogens is 457 g/mol. The SMILES string of the molecule is CC(C)(C)c1cc(N[C@@](O)(Br)[C@@H]2CCC(=O)N2c2ccc(C(F)(F)F)nc2)on1. The standard InChI is InChI=1S/C18H20BrF3N4O3/c1-16(2,3)12-8-14(29-25-12)24-17(19,28)13-6-7-15(27)26(13)10-4-5-11(23-9-10)18(20,21)22/h4-5,8-9,13,24,28H,6-7H2,1-3H3/t13-,17-/m0/s1. The van der Waals surface area contributed by atoms with Crippen molar-refractivity contribution >= 4 is 33.4 Å². The molecule has 2 atom stereocenters. The Hall–Kier alpha value is -2.14. The van der Waals surface area contributed by atoms with Crippen molar-refractivity contribution in [3.63, 3.8) is 0 Å². The van der Waals surface area contributed by atoms with Crippen molar-refractivity contribution in [1.29, 1.82) is 0 Å². The molecule has 3 heterocycles. The van der Waals surface area contributed by atoms with Crippen molar-refractivity contribution in [3.05, 3.63) is 35.8 Å². The van der Waals surface area contributed by atoms with Crippen LogP contribution < -0.4 is 10.2 Å². The third-order valence-corrected chi connectivity index (χ3v) is 5.27. The lowest BCUT2D eigenvalue weighted by molar-refractivity contribution is -0.141. The molecule has 0 unspecified atom stereocenters. The first kappa shape index (κ1) is 21.6. The molecule has 158 valence electrons. The van der Waals surface area contributed by atoms with Gasteiger partial charge in [-0.3, -0.25) is 4.79 Å². The number of halogens is 4. The van der Waals surface area contributed by atoms with Crippen LogP contribution in [0.1, 0.15) is 45.0 Å². The lowest BCUT2D eigenvalue weighted by Gasteiger charge is -2.34. The Morgan fingerprint density at radius 3 is 2.48 bits per heavy atom. The smallest absolute Gasteiger partial charge is 0.360 e. The van der Waals surface area contributed by atoms with Gasteiger partial charge in [-0.25, -0.2) is 4.98 Å². The summed E-state index contributed by atoms with van der Waals surface area (Å²) in [7, 11) is 0. The summed E-state index contributed by atoms with van der Waals surface area (Å²) in [5.74, 6) is -0.164. The number of amides is 1. The summed E-state index contributed by atoms with van der Waals surface area (Å²) in [5, 5.41) is 17.7. The molecule has 11 heteroatoms. The van der Waals surface area contributed by atoms with Crippen LogP contribution in [-0.4, -0.2) is 31.8 Å². The topological polar surface area (TPSA) is 91.5 Å². The van der Waals surface area contributed by atoms with Crippen LogP contribution in [0.2, 0.25) is 0 Å². The normalized spacial score (nSPS) is 20.1. The molecule has 29 heavy (non-hydrogen) atoms. The molecule has 3 rings (SSSR count). The highest BCUT2D eigenvalue weighted by Gasteiger charge is 2.46. The number of aromatic nitrogens is 2. The minimum atomic E-state index is -4.58. The van der Waals surface area contributed by atoms with Gasteiger partial charge < -0.3 is 19.8 Å². The lowest BCUT2D eigenvalue weighted by Crippen LogP contribution is -2.51. The molecule has 2 N–H and O–H groups in total. The molecule has 1 saturated heterocycles. The van der Waals surface area contributed by atoms with E-state index in [0.717, 1.165) is 18.3 Å². The van der Waals surface area contributed by atoms with Gasteiger partial charge in [0.1, 0.15) is 5.69 Å². The number of alkyl halides is 4. The number of hydrogen-bond acceptors (Lipinski definition) is 6. The summed E-state index contributed by atoms with van der Waals surface area (Å²) in [6.45, 7) is 5.85. The molecule has 7 nitrogen and oxygen atoms in total. The van der Waals surface area contributed by atoms with E-state index in [-0.39, 0.29) is 35.7 Å². The van der Waals surface area contributed by atoms with Crippen LogP contribution >= 0.6 is 15.9 Å². The summed E-state index contributed by atoms with van der Waals surface area (Å²) >= 11 is 3.18. The minimum Gasteiger partial charge on any atom is -0.360 e. The van der Waals surface area contributed by atoms with Crippen LogP contribution in [0.15, 0.2) is 28.9 Å². The monoisotopic (exact) mass is 476 g/mol. The molecule has 0 aliphatic carbocycles. The van der Waals surface area contributed by atoms with Crippen LogP contribution in [0.25, 0.3) is 0 Å². The van der Waals surface area contributed by atoms with Gasteiger partial charge in [-0.05, 0) is 34.5 Å². The van der Waals surface area contributed by atoms with Gasteiger partial charge in [0.15, 0.2) is 0 Å². The highest BCUT2D eigenvalue weighted by Crippen LogP contribution is 2.38. The first-order chi connectivity index (χ1) is 13.3. The number of aliphatic hydroxyl groups is 1. The number of hydrogen-bond donors (Lipinski definition) is 2. The minimum absolute atomic E-state index is 0.116. The van der Waals surface area contributed by atoms with Gasteiger partial charge in [-0.15, -0.1) is 0 Å². The molecule has 2 aromatic rings. The summed E-state index contributed by atoms with van der Waals surface area (Å²) in [6, 6.07) is 2.76. The van der Waals surface area contributed by atoms with Gasteiger partial charge in [-0.1, -0.05) is 25.9 Å². The predicted molar refractivity (Wildman–Crippen MR) is 102 cm³/mol. The van der Waals surface area contributed by atoms with Crippen LogP contribution in [0.5, 0.6) is 0 Å².